The molecule has 6 heteroatoms. The zero-order chi connectivity index (χ0) is 29.1. The fourth-order valence-corrected chi connectivity index (χ4v) is 11.5. The first-order chi connectivity index (χ1) is 20.3. The Bertz CT molecular complexity index is 1820. The van der Waals surface area contributed by atoms with E-state index in [-0.39, 0.29) is 35.0 Å². The van der Waals surface area contributed by atoms with Crippen LogP contribution in [0.1, 0.15) is 55.3 Å². The van der Waals surface area contributed by atoms with E-state index in [1.165, 1.54) is 13.8 Å². The van der Waals surface area contributed by atoms with E-state index in [4.69, 9.17) is 0 Å². The summed E-state index contributed by atoms with van der Waals surface area (Å²) in [7, 11) is -1.97. The monoisotopic (exact) mass is 588 g/mol. The van der Waals surface area contributed by atoms with Crippen molar-refractivity contribution in [1.29, 1.82) is 0 Å². The highest BCUT2D eigenvalue weighted by molar-refractivity contribution is 7.97. The van der Waals surface area contributed by atoms with Crippen LogP contribution in [-0.4, -0.2) is 32.9 Å². The number of Topliss-reactive ketones (excluding diaryl/α,β-unsaturated/α-hetero) is 4. The van der Waals surface area contributed by atoms with Crippen molar-refractivity contribution in [3.8, 4) is 0 Å². The molecule has 4 unspecified atom stereocenters. The minimum atomic E-state index is -0.985. The Hall–Kier alpha value is -4.26. The summed E-state index contributed by atoms with van der Waals surface area (Å²) in [5.41, 5.74) is 2.37. The number of rotatable bonds is 4. The van der Waals surface area contributed by atoms with Crippen LogP contribution in [-0.2, 0) is 21.0 Å². The normalized spacial score (nSPS) is 23.3. The quantitative estimate of drug-likeness (QED) is 0.166. The Kier molecular flexibility index (Phi) is 6.48. The van der Waals surface area contributed by atoms with E-state index in [9.17, 15) is 19.2 Å². The standard InChI is InChI=1S/C36H26O4S2/c1-21(37)23-11-17-33-29(19-23)35(39)27-7-3-5-9-31(27)41(33)25-13-15-26(16-14-25)42-32-10-6-4-8-28(32)36(40)30-20-24(22(2)38)12-18-34(30)42/h3-20,27-28H,1-2H3/p+2. The molecule has 4 atom stereocenters. The van der Waals surface area contributed by atoms with Crippen molar-refractivity contribution in [1.82, 2.24) is 0 Å². The highest BCUT2D eigenvalue weighted by Crippen LogP contribution is 2.37. The smallest absolute Gasteiger partial charge is 0.183 e. The Morgan fingerprint density at radius 2 is 0.976 bits per heavy atom. The molecule has 2 aliphatic carbocycles. The van der Waals surface area contributed by atoms with Gasteiger partial charge in [-0.15, -0.1) is 0 Å². The summed E-state index contributed by atoms with van der Waals surface area (Å²) < 4.78 is 0. The van der Waals surface area contributed by atoms with Crippen LogP contribution in [0.2, 0.25) is 0 Å². The third-order valence-corrected chi connectivity index (χ3v) is 13.5. The molecule has 2 aliphatic heterocycles. The molecule has 0 fully saturated rings. The molecule has 0 saturated carbocycles. The number of carbonyl (C=O) groups is 4. The maximum absolute atomic E-state index is 13.5. The molecule has 42 heavy (non-hydrogen) atoms. The lowest BCUT2D eigenvalue weighted by molar-refractivity contribution is 0.0960. The second-order valence-corrected chi connectivity index (χ2v) is 15.2. The first-order valence-electron chi connectivity index (χ1n) is 13.9. The van der Waals surface area contributed by atoms with Gasteiger partial charge in [0.05, 0.1) is 11.1 Å². The van der Waals surface area contributed by atoms with Crippen LogP contribution >= 0.6 is 0 Å². The van der Waals surface area contributed by atoms with Crippen molar-refractivity contribution in [2.75, 3.05) is 0 Å². The molecule has 4 aliphatic rings. The lowest BCUT2D eigenvalue weighted by Crippen LogP contribution is -2.32. The molecule has 0 amide bonds. The second-order valence-electron chi connectivity index (χ2n) is 10.8. The zero-order valence-electron chi connectivity index (χ0n) is 23.1. The van der Waals surface area contributed by atoms with Gasteiger partial charge in [-0.1, -0.05) is 57.4 Å². The van der Waals surface area contributed by atoms with Crippen LogP contribution in [0.4, 0.5) is 0 Å². The highest BCUT2D eigenvalue weighted by atomic mass is 32.2. The Labute approximate surface area is 249 Å². The average molecular weight is 589 g/mol. The van der Waals surface area contributed by atoms with E-state index in [0.717, 1.165) is 29.3 Å². The van der Waals surface area contributed by atoms with Gasteiger partial charge in [-0.2, -0.15) is 0 Å². The van der Waals surface area contributed by atoms with Crippen molar-refractivity contribution in [3.63, 3.8) is 0 Å². The van der Waals surface area contributed by atoms with Gasteiger partial charge in [-0.25, -0.2) is 0 Å². The molecule has 0 saturated heterocycles. The molecule has 4 nitrogen and oxygen atoms in total. The van der Waals surface area contributed by atoms with E-state index in [1.807, 2.05) is 60.7 Å². The van der Waals surface area contributed by atoms with Gasteiger partial charge in [0.25, 0.3) is 0 Å². The fraction of sp³-hybridized carbons (Fsp3) is 0.111. The van der Waals surface area contributed by atoms with E-state index in [1.54, 1.807) is 12.1 Å². The molecule has 0 N–H and O–H groups in total. The number of fused-ring (bicyclic) bond motifs is 4. The van der Waals surface area contributed by atoms with E-state index in [0.29, 0.717) is 22.3 Å². The molecule has 3 aromatic rings. The van der Waals surface area contributed by atoms with Gasteiger partial charge in [0.1, 0.15) is 41.1 Å². The first-order valence-corrected chi connectivity index (χ1v) is 16.5. The first kappa shape index (κ1) is 26.6. The minimum Gasteiger partial charge on any atom is -0.295 e. The summed E-state index contributed by atoms with van der Waals surface area (Å²) in [6.45, 7) is 3.05. The van der Waals surface area contributed by atoms with Crippen molar-refractivity contribution in [3.05, 3.63) is 132 Å². The van der Waals surface area contributed by atoms with Gasteiger partial charge in [-0.05, 0) is 86.7 Å². The van der Waals surface area contributed by atoms with E-state index >= 15 is 0 Å². The molecule has 0 spiro atoms. The zero-order valence-corrected chi connectivity index (χ0v) is 24.9. The molecule has 0 radical (unpaired) electrons. The number of ketones is 4. The van der Waals surface area contributed by atoms with Gasteiger partial charge < -0.3 is 0 Å². The Balaban J connectivity index is 1.39. The van der Waals surface area contributed by atoms with Crippen molar-refractivity contribution < 1.29 is 19.2 Å². The number of carbonyl (C=O) groups excluding carboxylic acids is 4. The summed E-state index contributed by atoms with van der Waals surface area (Å²) in [5.74, 6) is -0.700. The molecule has 0 bridgehead atoms. The van der Waals surface area contributed by atoms with Crippen molar-refractivity contribution in [2.24, 2.45) is 11.8 Å². The van der Waals surface area contributed by atoms with Gasteiger partial charge in [-0.3, -0.25) is 19.2 Å². The molecule has 2 heterocycles. The SMILES string of the molecule is CC(=O)c1ccc2c(c1)C(=O)C1C=CC=CC1=[SH+]2c1ccc([SH+]2=C3C=CC=CC3C(=O)c3cc(C(C)=O)ccc32)cc1. The highest BCUT2D eigenvalue weighted by Gasteiger charge is 2.40. The molecule has 0 aromatic heterocycles. The topological polar surface area (TPSA) is 68.3 Å². The summed E-state index contributed by atoms with van der Waals surface area (Å²) in [4.78, 5) is 57.8. The Morgan fingerprint density at radius 1 is 0.571 bits per heavy atom. The molecule has 206 valence electrons. The molecular formula is C36H28O4S2+2. The van der Waals surface area contributed by atoms with E-state index in [2.05, 4.69) is 36.4 Å². The molecular weight excluding hydrogens is 561 g/mol. The van der Waals surface area contributed by atoms with Crippen LogP contribution in [0.15, 0.2) is 129 Å². The van der Waals surface area contributed by atoms with Gasteiger partial charge >= 0.3 is 0 Å². The van der Waals surface area contributed by atoms with E-state index < -0.39 is 21.0 Å². The number of benzene rings is 3. The number of thiol groups is 2. The average Bonchev–Trinajstić information content (AvgIpc) is 3.01. The largest absolute Gasteiger partial charge is 0.295 e. The lowest BCUT2D eigenvalue weighted by Gasteiger charge is -2.25. The predicted octanol–water partition coefficient (Wildman–Crippen LogP) is 5.85. The summed E-state index contributed by atoms with van der Waals surface area (Å²) in [6, 6.07) is 19.8. The molecule has 3 aromatic carbocycles. The summed E-state index contributed by atoms with van der Waals surface area (Å²) in [6.07, 6.45) is 15.9. The maximum atomic E-state index is 13.5. The van der Waals surface area contributed by atoms with Crippen LogP contribution in [0.5, 0.6) is 0 Å². The number of allylic oxidation sites excluding steroid dienone is 8. The van der Waals surface area contributed by atoms with Crippen LogP contribution in [0.25, 0.3) is 0 Å². The summed E-state index contributed by atoms with van der Waals surface area (Å²) >= 11 is 0. The third-order valence-electron chi connectivity index (χ3n) is 8.27. The van der Waals surface area contributed by atoms with Crippen LogP contribution < -0.4 is 0 Å². The van der Waals surface area contributed by atoms with Crippen LogP contribution in [0.3, 0.4) is 0 Å². The summed E-state index contributed by atoms with van der Waals surface area (Å²) in [5, 5.41) is 0. The van der Waals surface area contributed by atoms with Gasteiger partial charge in [0, 0.05) is 11.1 Å². The number of hydrogen-bond donors (Lipinski definition) is 0. The third kappa shape index (κ3) is 4.17. The molecule has 7 rings (SSSR count). The minimum absolute atomic E-state index is 0.0375. The van der Waals surface area contributed by atoms with Crippen molar-refractivity contribution >= 4 is 53.8 Å². The second kappa shape index (κ2) is 10.2. The number of hydrogen-bond acceptors (Lipinski definition) is 4. The predicted molar refractivity (Wildman–Crippen MR) is 172 cm³/mol. The van der Waals surface area contributed by atoms with Crippen molar-refractivity contribution in [2.45, 2.75) is 33.4 Å². The lowest BCUT2D eigenvalue weighted by atomic mass is 9.90. The van der Waals surface area contributed by atoms with Gasteiger partial charge in [0.15, 0.2) is 23.1 Å². The Morgan fingerprint density at radius 3 is 1.36 bits per heavy atom. The van der Waals surface area contributed by atoms with Crippen LogP contribution in [0, 0.1) is 11.8 Å². The van der Waals surface area contributed by atoms with Gasteiger partial charge in [0.2, 0.25) is 0 Å². The fourth-order valence-electron chi connectivity index (χ4n) is 6.17. The maximum Gasteiger partial charge on any atom is 0.183 e.